The molecule has 74 valence electrons. The summed E-state index contributed by atoms with van der Waals surface area (Å²) >= 11 is 0. The summed E-state index contributed by atoms with van der Waals surface area (Å²) in [5, 5.41) is 17.4. The van der Waals surface area contributed by atoms with Crippen LogP contribution in [0.3, 0.4) is 0 Å². The fourth-order valence-corrected chi connectivity index (χ4v) is 0.593. The smallest absolute Gasteiger partial charge is 0.309 e. The molecule has 0 unspecified atom stereocenters. The highest BCUT2D eigenvalue weighted by Crippen LogP contribution is 2.06. The number of nitrogens with zero attached hydrogens (tertiary/aromatic N) is 2. The van der Waals surface area contributed by atoms with Crippen molar-refractivity contribution in [2.45, 2.75) is 0 Å². The molecule has 0 aromatic rings. The highest BCUT2D eigenvalue weighted by Gasteiger charge is 2.22. The largest absolute Gasteiger partial charge is 0.352 e. The number of aliphatic hydroxyl groups excluding tert-OH is 2. The number of quaternary nitrogens is 1. The van der Waals surface area contributed by atoms with Crippen LogP contribution in [0.15, 0.2) is 17.4 Å². The van der Waals surface area contributed by atoms with E-state index in [1.807, 2.05) is 0 Å². The highest BCUT2D eigenvalue weighted by atomic mass is 16.3. The number of carbonyl (C=O) groups is 1. The van der Waals surface area contributed by atoms with Gasteiger partial charge in [-0.25, -0.2) is 14.3 Å². The van der Waals surface area contributed by atoms with Gasteiger partial charge in [0.1, 0.15) is 6.20 Å². The fraction of sp³-hybridized carbons (Fsp3) is 0.333. The molecule has 1 aliphatic rings. The molecule has 0 radical (unpaired) electrons. The van der Waals surface area contributed by atoms with Crippen LogP contribution in [0.4, 0.5) is 4.79 Å². The molecule has 0 bridgehead atoms. The maximum absolute atomic E-state index is 9.00. The van der Waals surface area contributed by atoms with Crippen LogP contribution in [0.25, 0.3) is 0 Å². The number of primary amides is 2. The second-order valence-corrected chi connectivity index (χ2v) is 2.35. The first-order valence-corrected chi connectivity index (χ1v) is 3.41. The van der Waals surface area contributed by atoms with E-state index < -0.39 is 6.03 Å². The monoisotopic (exact) mass is 189 g/mol. The fourth-order valence-electron chi connectivity index (χ4n) is 0.593. The van der Waals surface area contributed by atoms with Gasteiger partial charge in [0.15, 0.2) is 19.8 Å². The molecular formula is C6H13N4O3+. The minimum Gasteiger partial charge on any atom is -0.352 e. The zero-order valence-corrected chi connectivity index (χ0v) is 7.00. The van der Waals surface area contributed by atoms with Crippen LogP contribution in [-0.4, -0.2) is 40.5 Å². The number of hydrogen-bond acceptors (Lipinski definition) is 4. The lowest BCUT2D eigenvalue weighted by atomic mass is 10.6. The molecule has 2 amide bonds. The van der Waals surface area contributed by atoms with Gasteiger partial charge in [0, 0.05) is 0 Å². The number of hydrogen-bond donors (Lipinski definition) is 4. The number of carbonyl (C=O) groups excluding carboxylic acids is 1. The maximum atomic E-state index is 9.00. The lowest BCUT2D eigenvalue weighted by Crippen LogP contribution is -2.41. The second kappa shape index (κ2) is 5.25. The molecule has 0 aromatic carbocycles. The van der Waals surface area contributed by atoms with E-state index in [0.717, 1.165) is 0 Å². The van der Waals surface area contributed by atoms with Crippen molar-refractivity contribution >= 4 is 12.4 Å². The molecule has 7 heteroatoms. The summed E-state index contributed by atoms with van der Waals surface area (Å²) in [5.41, 5.74) is 8.50. The molecule has 0 aromatic heterocycles. The average Bonchev–Trinajstić information content (AvgIpc) is 2.52. The van der Waals surface area contributed by atoms with E-state index in [1.165, 1.54) is 6.34 Å². The van der Waals surface area contributed by atoms with Crippen molar-refractivity contribution in [1.29, 1.82) is 0 Å². The number of aliphatic imine (C=N–C) groups is 1. The Bertz CT molecular complexity index is 204. The lowest BCUT2D eigenvalue weighted by Gasteiger charge is -2.20. The number of amides is 2. The Kier molecular flexibility index (Phi) is 4.67. The first-order chi connectivity index (χ1) is 6.06. The topological polar surface area (TPSA) is 122 Å². The van der Waals surface area contributed by atoms with Crippen LogP contribution < -0.4 is 11.5 Å². The van der Waals surface area contributed by atoms with E-state index in [-0.39, 0.29) is 17.9 Å². The van der Waals surface area contributed by atoms with Gasteiger partial charge in [0.05, 0.1) is 6.20 Å². The quantitative estimate of drug-likeness (QED) is 0.385. The van der Waals surface area contributed by atoms with Crippen molar-refractivity contribution in [2.75, 3.05) is 13.5 Å². The molecule has 0 saturated heterocycles. The molecule has 0 fully saturated rings. The van der Waals surface area contributed by atoms with E-state index in [4.69, 9.17) is 15.0 Å². The summed E-state index contributed by atoms with van der Waals surface area (Å²) in [7, 11) is 0. The van der Waals surface area contributed by atoms with Crippen LogP contribution in [0.1, 0.15) is 0 Å². The minimum atomic E-state index is -0.833. The summed E-state index contributed by atoms with van der Waals surface area (Å²) in [6.45, 7) is -0.285. The van der Waals surface area contributed by atoms with Crippen molar-refractivity contribution in [3.8, 4) is 0 Å². The average molecular weight is 189 g/mol. The molecule has 1 aliphatic heterocycles. The molecule has 0 atom stereocenters. The van der Waals surface area contributed by atoms with Gasteiger partial charge in [0.2, 0.25) is 0 Å². The predicted octanol–water partition coefficient (Wildman–Crippen LogP) is -1.76. The molecule has 13 heavy (non-hydrogen) atoms. The zero-order valence-electron chi connectivity index (χ0n) is 7.00. The first-order valence-electron chi connectivity index (χ1n) is 3.41. The van der Waals surface area contributed by atoms with Gasteiger partial charge in [-0.3, -0.25) is 0 Å². The SMILES string of the molecule is NC(N)=O.OC[N+]1(CO)C=CN=C1. The van der Waals surface area contributed by atoms with E-state index in [2.05, 4.69) is 16.5 Å². The van der Waals surface area contributed by atoms with Crippen LogP contribution in [0.5, 0.6) is 0 Å². The predicted molar refractivity (Wildman–Crippen MR) is 45.8 cm³/mol. The Balaban J connectivity index is 0.000000310. The van der Waals surface area contributed by atoms with Crippen molar-refractivity contribution in [3.63, 3.8) is 0 Å². The molecule has 6 N–H and O–H groups in total. The van der Waals surface area contributed by atoms with Crippen molar-refractivity contribution in [2.24, 2.45) is 16.5 Å². The van der Waals surface area contributed by atoms with Gasteiger partial charge in [-0.05, 0) is 0 Å². The van der Waals surface area contributed by atoms with E-state index in [9.17, 15) is 0 Å². The van der Waals surface area contributed by atoms with Crippen LogP contribution in [-0.2, 0) is 0 Å². The second-order valence-electron chi connectivity index (χ2n) is 2.35. The lowest BCUT2D eigenvalue weighted by molar-refractivity contribution is -0.823. The molecule has 1 rings (SSSR count). The van der Waals surface area contributed by atoms with Gasteiger partial charge < -0.3 is 21.7 Å². The molecule has 0 aliphatic carbocycles. The normalized spacial score (nSPS) is 16.5. The summed E-state index contributed by atoms with van der Waals surface area (Å²) < 4.78 is 0.0278. The number of rotatable bonds is 2. The third-order valence-electron chi connectivity index (χ3n) is 1.27. The molecule has 0 saturated carbocycles. The zero-order chi connectivity index (χ0) is 10.3. The third-order valence-corrected chi connectivity index (χ3v) is 1.27. The van der Waals surface area contributed by atoms with Gasteiger partial charge in [-0.15, -0.1) is 0 Å². The molecule has 1 heterocycles. The number of urea groups is 1. The number of nitrogens with two attached hydrogens (primary N) is 2. The first kappa shape index (κ1) is 11.6. The van der Waals surface area contributed by atoms with Gasteiger partial charge in [-0.2, -0.15) is 0 Å². The maximum Gasteiger partial charge on any atom is 0.309 e. The van der Waals surface area contributed by atoms with E-state index in [1.54, 1.807) is 12.4 Å². The third kappa shape index (κ3) is 4.21. The van der Waals surface area contributed by atoms with Crippen molar-refractivity contribution < 1.29 is 19.5 Å². The van der Waals surface area contributed by atoms with Gasteiger partial charge >= 0.3 is 6.03 Å². The van der Waals surface area contributed by atoms with Crippen molar-refractivity contribution in [1.82, 2.24) is 0 Å². The Morgan fingerprint density at radius 1 is 1.38 bits per heavy atom. The summed E-state index contributed by atoms with van der Waals surface area (Å²) in [6.07, 6.45) is 4.66. The highest BCUT2D eigenvalue weighted by molar-refractivity contribution is 5.69. The molecule has 0 spiro atoms. The Hall–Kier alpha value is -1.44. The van der Waals surface area contributed by atoms with Crippen LogP contribution in [0.2, 0.25) is 0 Å². The van der Waals surface area contributed by atoms with Gasteiger partial charge in [-0.1, -0.05) is 0 Å². The molecule has 7 nitrogen and oxygen atoms in total. The summed E-state index contributed by atoms with van der Waals surface area (Å²) in [5.74, 6) is 0. The van der Waals surface area contributed by atoms with E-state index in [0.29, 0.717) is 0 Å². The summed E-state index contributed by atoms with van der Waals surface area (Å²) in [6, 6.07) is -0.833. The Morgan fingerprint density at radius 3 is 2.00 bits per heavy atom. The standard InChI is InChI=1S/C5H9N2O2.CH4N2O/c8-4-7(5-9)2-1-6-3-7;2-1(3)4/h1-3,8-9H,4-5H2;(H4,2,3,4)/q+1;. The minimum absolute atomic E-state index is 0.0278. The number of aliphatic hydroxyl groups is 2. The van der Waals surface area contributed by atoms with Crippen LogP contribution >= 0.6 is 0 Å². The summed E-state index contributed by atoms with van der Waals surface area (Å²) in [4.78, 5) is 12.7. The van der Waals surface area contributed by atoms with E-state index >= 15 is 0 Å². The Labute approximate surface area is 75.2 Å². The Morgan fingerprint density at radius 2 is 1.85 bits per heavy atom. The van der Waals surface area contributed by atoms with Gasteiger partial charge in [0.25, 0.3) is 0 Å². The van der Waals surface area contributed by atoms with Crippen LogP contribution in [0, 0.1) is 0 Å². The molecular weight excluding hydrogens is 176 g/mol. The van der Waals surface area contributed by atoms with Crippen molar-refractivity contribution in [3.05, 3.63) is 12.4 Å².